The molecule has 3 nitrogen and oxygen atoms in total. The molecule has 0 radical (unpaired) electrons. The van der Waals surface area contributed by atoms with E-state index in [-0.39, 0.29) is 6.61 Å². The van der Waals surface area contributed by atoms with Gasteiger partial charge in [0.2, 0.25) is 0 Å². The highest BCUT2D eigenvalue weighted by molar-refractivity contribution is 7.99. The normalized spacial score (nSPS) is 11.7. The highest BCUT2D eigenvalue weighted by Gasteiger charge is 2.05. The van der Waals surface area contributed by atoms with Crippen molar-refractivity contribution in [1.29, 1.82) is 0 Å². The minimum Gasteiger partial charge on any atom is -0.396 e. The van der Waals surface area contributed by atoms with E-state index in [0.29, 0.717) is 4.90 Å². The van der Waals surface area contributed by atoms with Crippen molar-refractivity contribution in [2.24, 2.45) is 0 Å². The van der Waals surface area contributed by atoms with E-state index >= 15 is 0 Å². The molecule has 1 aromatic carbocycles. The number of hydrogen-bond donors (Lipinski definition) is 1. The van der Waals surface area contributed by atoms with Crippen LogP contribution < -0.4 is 0 Å². The molecule has 0 unspecified atom stereocenters. The van der Waals surface area contributed by atoms with Gasteiger partial charge in [-0.3, -0.25) is 0 Å². The lowest BCUT2D eigenvalue weighted by Gasteiger charge is -2.03. The fraction of sp³-hybridized carbons (Fsp3) is 0.538. The van der Waals surface area contributed by atoms with E-state index in [1.807, 2.05) is 12.1 Å². The van der Waals surface area contributed by atoms with Gasteiger partial charge in [0.1, 0.15) is 0 Å². The van der Waals surface area contributed by atoms with Gasteiger partial charge < -0.3 is 5.11 Å². The van der Waals surface area contributed by atoms with E-state index in [9.17, 15) is 8.42 Å². The number of sulfone groups is 1. The van der Waals surface area contributed by atoms with E-state index in [0.717, 1.165) is 36.3 Å². The molecule has 1 N–H and O–H groups in total. The number of thioether (sulfide) groups is 1. The lowest BCUT2D eigenvalue weighted by molar-refractivity contribution is 0.283. The molecule has 0 aliphatic heterocycles. The fourth-order valence-electron chi connectivity index (χ4n) is 1.54. The van der Waals surface area contributed by atoms with Crippen LogP contribution in [0.5, 0.6) is 0 Å². The Balaban J connectivity index is 2.32. The Kier molecular flexibility index (Phi) is 6.75. The monoisotopic (exact) mass is 288 g/mol. The van der Waals surface area contributed by atoms with E-state index in [1.165, 1.54) is 6.26 Å². The molecule has 0 heterocycles. The number of benzene rings is 1. The molecule has 0 fully saturated rings. The second kappa shape index (κ2) is 7.81. The van der Waals surface area contributed by atoms with Gasteiger partial charge in [-0.05, 0) is 42.9 Å². The van der Waals surface area contributed by atoms with Gasteiger partial charge in [0.25, 0.3) is 0 Å². The van der Waals surface area contributed by atoms with Crippen molar-refractivity contribution in [2.75, 3.05) is 18.6 Å². The summed E-state index contributed by atoms with van der Waals surface area (Å²) in [5.41, 5.74) is 0. The Labute approximate surface area is 114 Å². The van der Waals surface area contributed by atoms with Crippen molar-refractivity contribution < 1.29 is 13.5 Å². The molecule has 1 rings (SSSR count). The molecule has 0 aliphatic carbocycles. The predicted octanol–water partition coefficient (Wildman–Crippen LogP) is 2.73. The van der Waals surface area contributed by atoms with E-state index in [2.05, 4.69) is 0 Å². The quantitative estimate of drug-likeness (QED) is 0.590. The Hall–Kier alpha value is -0.520. The molecule has 0 atom stereocenters. The molecule has 0 amide bonds. The summed E-state index contributed by atoms with van der Waals surface area (Å²) in [5.74, 6) is 1.03. The van der Waals surface area contributed by atoms with Crippen LogP contribution in [0.25, 0.3) is 0 Å². The van der Waals surface area contributed by atoms with Crippen molar-refractivity contribution in [3.8, 4) is 0 Å². The summed E-state index contributed by atoms with van der Waals surface area (Å²) in [4.78, 5) is 1.47. The lowest BCUT2D eigenvalue weighted by Crippen LogP contribution is -1.96. The minimum atomic E-state index is -3.09. The summed E-state index contributed by atoms with van der Waals surface area (Å²) >= 11 is 1.74. The van der Waals surface area contributed by atoms with Crippen molar-refractivity contribution in [3.05, 3.63) is 24.3 Å². The molecule has 0 spiro atoms. The number of aliphatic hydroxyl groups excluding tert-OH is 1. The van der Waals surface area contributed by atoms with Gasteiger partial charge in [-0.25, -0.2) is 8.42 Å². The van der Waals surface area contributed by atoms with Gasteiger partial charge in [-0.15, -0.1) is 11.8 Å². The van der Waals surface area contributed by atoms with Crippen LogP contribution in [0.3, 0.4) is 0 Å². The van der Waals surface area contributed by atoms with Gasteiger partial charge in [0.15, 0.2) is 9.84 Å². The standard InChI is InChI=1S/C13H20O3S2/c1-18(15,16)13-8-6-12(7-9-13)17-11-5-3-2-4-10-14/h6-9,14H,2-5,10-11H2,1H3. The van der Waals surface area contributed by atoms with Crippen molar-refractivity contribution >= 4 is 21.6 Å². The first-order valence-electron chi connectivity index (χ1n) is 6.08. The van der Waals surface area contributed by atoms with Crippen LogP contribution in [0.4, 0.5) is 0 Å². The van der Waals surface area contributed by atoms with Crippen LogP contribution in [0, 0.1) is 0 Å². The van der Waals surface area contributed by atoms with Crippen LogP contribution in [0.2, 0.25) is 0 Å². The molecule has 0 bridgehead atoms. The van der Waals surface area contributed by atoms with Gasteiger partial charge in [0.05, 0.1) is 4.90 Å². The molecule has 0 aliphatic rings. The molecule has 1 aromatic rings. The first-order valence-corrected chi connectivity index (χ1v) is 8.95. The highest BCUT2D eigenvalue weighted by Crippen LogP contribution is 2.21. The molecule has 0 saturated carbocycles. The number of aliphatic hydroxyl groups is 1. The van der Waals surface area contributed by atoms with Crippen LogP contribution in [-0.2, 0) is 9.84 Å². The smallest absolute Gasteiger partial charge is 0.175 e. The summed E-state index contributed by atoms with van der Waals surface area (Å²) < 4.78 is 22.6. The largest absolute Gasteiger partial charge is 0.396 e. The molecule has 102 valence electrons. The molecule has 0 aromatic heterocycles. The highest BCUT2D eigenvalue weighted by atomic mass is 32.2. The number of unbranched alkanes of at least 4 members (excludes halogenated alkanes) is 3. The van der Waals surface area contributed by atoms with Crippen molar-refractivity contribution in [1.82, 2.24) is 0 Å². The van der Waals surface area contributed by atoms with E-state index in [4.69, 9.17) is 5.11 Å². The average Bonchev–Trinajstić information content (AvgIpc) is 2.33. The minimum absolute atomic E-state index is 0.278. The third kappa shape index (κ3) is 5.89. The Morgan fingerprint density at radius 3 is 2.22 bits per heavy atom. The molecule has 18 heavy (non-hydrogen) atoms. The molecule has 5 heteroatoms. The summed E-state index contributed by atoms with van der Waals surface area (Å²) in [5, 5.41) is 8.64. The van der Waals surface area contributed by atoms with Crippen molar-refractivity contribution in [3.63, 3.8) is 0 Å². The summed E-state index contributed by atoms with van der Waals surface area (Å²) in [6.07, 6.45) is 5.43. The first kappa shape index (κ1) is 15.5. The van der Waals surface area contributed by atoms with Crippen LogP contribution >= 0.6 is 11.8 Å². The van der Waals surface area contributed by atoms with E-state index in [1.54, 1.807) is 23.9 Å². The van der Waals surface area contributed by atoms with Gasteiger partial charge in [-0.2, -0.15) is 0 Å². The maximum atomic E-state index is 11.3. The zero-order valence-electron chi connectivity index (χ0n) is 10.6. The van der Waals surface area contributed by atoms with Crippen LogP contribution in [0.15, 0.2) is 34.1 Å². The van der Waals surface area contributed by atoms with Gasteiger partial charge >= 0.3 is 0 Å². The summed E-state index contributed by atoms with van der Waals surface area (Å²) in [6.45, 7) is 0.278. The Morgan fingerprint density at radius 1 is 1.06 bits per heavy atom. The molecular formula is C13H20O3S2. The summed E-state index contributed by atoms with van der Waals surface area (Å²) in [6, 6.07) is 7.02. The van der Waals surface area contributed by atoms with Crippen LogP contribution in [-0.4, -0.2) is 32.1 Å². The summed E-state index contributed by atoms with van der Waals surface area (Å²) in [7, 11) is -3.09. The van der Waals surface area contributed by atoms with Crippen molar-refractivity contribution in [2.45, 2.75) is 35.5 Å². The Bertz CT molecular complexity index is 438. The predicted molar refractivity (Wildman–Crippen MR) is 75.8 cm³/mol. The zero-order chi connectivity index (χ0) is 13.4. The van der Waals surface area contributed by atoms with Crippen LogP contribution in [0.1, 0.15) is 25.7 Å². The SMILES string of the molecule is CS(=O)(=O)c1ccc(SCCCCCCO)cc1. The second-order valence-corrected chi connectivity index (χ2v) is 7.41. The fourth-order valence-corrected chi connectivity index (χ4v) is 3.08. The molecule has 0 saturated heterocycles. The maximum absolute atomic E-state index is 11.3. The topological polar surface area (TPSA) is 54.4 Å². The zero-order valence-corrected chi connectivity index (χ0v) is 12.3. The average molecular weight is 288 g/mol. The van der Waals surface area contributed by atoms with E-state index < -0.39 is 9.84 Å². The molecular weight excluding hydrogens is 268 g/mol. The lowest BCUT2D eigenvalue weighted by atomic mass is 10.2. The van der Waals surface area contributed by atoms with Gasteiger partial charge in [0, 0.05) is 17.8 Å². The Morgan fingerprint density at radius 2 is 1.67 bits per heavy atom. The second-order valence-electron chi connectivity index (χ2n) is 4.23. The maximum Gasteiger partial charge on any atom is 0.175 e. The third-order valence-corrected chi connectivity index (χ3v) is 4.80. The third-order valence-electron chi connectivity index (χ3n) is 2.57. The van der Waals surface area contributed by atoms with Gasteiger partial charge in [-0.1, -0.05) is 12.8 Å². The number of rotatable bonds is 8. The first-order chi connectivity index (χ1) is 8.54. The number of hydrogen-bond acceptors (Lipinski definition) is 4.